The number of nitrogens with zero attached hydrogens (tertiary/aromatic N) is 3. The maximum atomic E-state index is 12.4. The average molecular weight is 456 g/mol. The molecule has 0 aliphatic heterocycles. The van der Waals surface area contributed by atoms with Crippen LogP contribution >= 0.6 is 0 Å². The van der Waals surface area contributed by atoms with Crippen LogP contribution in [-0.2, 0) is 32.7 Å². The average Bonchev–Trinajstić information content (AvgIpc) is 3.13. The molecule has 0 atom stereocenters. The third-order valence-corrected chi connectivity index (χ3v) is 7.06. The van der Waals surface area contributed by atoms with Gasteiger partial charge in [0.15, 0.2) is 0 Å². The van der Waals surface area contributed by atoms with Gasteiger partial charge >= 0.3 is 5.97 Å². The van der Waals surface area contributed by atoms with Crippen molar-refractivity contribution in [3.63, 3.8) is 0 Å². The highest BCUT2D eigenvalue weighted by Crippen LogP contribution is 2.22. The summed E-state index contributed by atoms with van der Waals surface area (Å²) in [7, 11) is -0.581. The predicted molar refractivity (Wildman–Crippen MR) is 126 cm³/mol. The lowest BCUT2D eigenvalue weighted by Crippen LogP contribution is -2.22. The molecule has 3 rings (SSSR count). The minimum Gasteiger partial charge on any atom is -0.454 e. The Bertz CT molecular complexity index is 1240. The van der Waals surface area contributed by atoms with Gasteiger partial charge in [-0.3, -0.25) is 0 Å². The van der Waals surface area contributed by atoms with Gasteiger partial charge in [0.2, 0.25) is 10.0 Å². The minimum absolute atomic E-state index is 0.00621. The van der Waals surface area contributed by atoms with Crippen LogP contribution in [0.3, 0.4) is 0 Å². The van der Waals surface area contributed by atoms with Gasteiger partial charge in [-0.2, -0.15) is 0 Å². The molecule has 3 aromatic rings. The maximum absolute atomic E-state index is 12.4. The van der Waals surface area contributed by atoms with Crippen molar-refractivity contribution in [2.75, 3.05) is 14.1 Å². The fourth-order valence-corrected chi connectivity index (χ4v) is 4.26. The molecule has 1 aromatic heterocycles. The molecule has 0 unspecified atom stereocenters. The molecule has 8 heteroatoms. The molecule has 0 saturated heterocycles. The fourth-order valence-electron chi connectivity index (χ4n) is 3.33. The number of benzene rings is 2. The fraction of sp³-hybridized carbons (Fsp3) is 0.333. The van der Waals surface area contributed by atoms with Gasteiger partial charge < -0.3 is 9.30 Å². The summed E-state index contributed by atoms with van der Waals surface area (Å²) in [6.45, 7) is 6.83. The number of carbonyl (C=O) groups excluding carboxylic acids is 1. The lowest BCUT2D eigenvalue weighted by molar-refractivity contribution is -0.139. The Balaban J connectivity index is 1.74. The van der Waals surface area contributed by atoms with Crippen molar-refractivity contribution < 1.29 is 17.9 Å². The number of hydrogen-bond acceptors (Lipinski definition) is 5. The first kappa shape index (κ1) is 23.7. The third kappa shape index (κ3) is 5.08. The number of carbonyl (C=O) groups is 1. The number of fused-ring (bicyclic) bond motifs is 1. The van der Waals surface area contributed by atoms with Crippen LogP contribution in [0.15, 0.2) is 53.4 Å². The monoisotopic (exact) mass is 455 g/mol. The molecule has 0 spiro atoms. The summed E-state index contributed by atoms with van der Waals surface area (Å²) >= 11 is 0. The van der Waals surface area contributed by atoms with Gasteiger partial charge in [0.1, 0.15) is 12.4 Å². The SMILES string of the molecule is CCn1c(COC(=O)C=Cc2ccc(C(C)C)cc2)nc2cc(S(=O)(=O)N(C)C)ccc21. The van der Waals surface area contributed by atoms with Crippen molar-refractivity contribution in [1.29, 1.82) is 0 Å². The third-order valence-electron chi connectivity index (χ3n) is 5.25. The molecule has 0 N–H and O–H groups in total. The van der Waals surface area contributed by atoms with Crippen molar-refractivity contribution >= 4 is 33.1 Å². The first-order valence-electron chi connectivity index (χ1n) is 10.5. The summed E-state index contributed by atoms with van der Waals surface area (Å²) in [4.78, 5) is 16.9. The van der Waals surface area contributed by atoms with Crippen LogP contribution in [0.5, 0.6) is 0 Å². The van der Waals surface area contributed by atoms with Crippen LogP contribution in [0, 0.1) is 0 Å². The predicted octanol–water partition coefficient (Wildman–Crippen LogP) is 4.19. The molecule has 170 valence electrons. The standard InChI is InChI=1S/C24H29N3O4S/c1-6-27-22-13-12-20(32(29,30)26(4)5)15-21(22)25-23(27)16-31-24(28)14-9-18-7-10-19(11-8-18)17(2)3/h7-15,17H,6,16H2,1-5H3. The lowest BCUT2D eigenvalue weighted by atomic mass is 10.0. The number of imidazole rings is 1. The molecule has 7 nitrogen and oxygen atoms in total. The highest BCUT2D eigenvalue weighted by molar-refractivity contribution is 7.89. The van der Waals surface area contributed by atoms with Crippen LogP contribution in [0.25, 0.3) is 17.1 Å². The van der Waals surface area contributed by atoms with E-state index >= 15 is 0 Å². The molecule has 0 fully saturated rings. The van der Waals surface area contributed by atoms with Gasteiger partial charge in [0.25, 0.3) is 0 Å². The zero-order chi connectivity index (χ0) is 23.5. The van der Waals surface area contributed by atoms with Gasteiger partial charge in [-0.1, -0.05) is 38.1 Å². The van der Waals surface area contributed by atoms with E-state index in [1.54, 1.807) is 24.3 Å². The van der Waals surface area contributed by atoms with Crippen LogP contribution in [-0.4, -0.2) is 42.3 Å². The normalized spacial score (nSPS) is 12.3. The van der Waals surface area contributed by atoms with E-state index in [9.17, 15) is 13.2 Å². The summed E-state index contributed by atoms with van der Waals surface area (Å²) in [6.07, 6.45) is 3.11. The van der Waals surface area contributed by atoms with Crippen molar-refractivity contribution in [3.8, 4) is 0 Å². The summed E-state index contributed by atoms with van der Waals surface area (Å²) in [5.74, 6) is 0.545. The molecule has 0 saturated carbocycles. The zero-order valence-electron chi connectivity index (χ0n) is 19.1. The van der Waals surface area contributed by atoms with Crippen LogP contribution in [0.1, 0.15) is 43.6 Å². The number of esters is 1. The van der Waals surface area contributed by atoms with Crippen LogP contribution < -0.4 is 0 Å². The lowest BCUT2D eigenvalue weighted by Gasteiger charge is -2.11. The summed E-state index contributed by atoms with van der Waals surface area (Å²) in [5.41, 5.74) is 3.49. The molecule has 0 aliphatic carbocycles. The number of ether oxygens (including phenoxy) is 1. The van der Waals surface area contributed by atoms with Crippen LogP contribution in [0.4, 0.5) is 0 Å². The number of sulfonamides is 1. The van der Waals surface area contributed by atoms with E-state index in [1.165, 1.54) is 25.7 Å². The molecule has 1 heterocycles. The number of hydrogen-bond donors (Lipinski definition) is 0. The number of rotatable bonds is 8. The Labute approximate surface area is 189 Å². The Hall–Kier alpha value is -2.97. The first-order valence-corrected chi connectivity index (χ1v) is 11.9. The molecular formula is C24H29N3O4S. The van der Waals surface area contributed by atoms with Crippen LogP contribution in [0.2, 0.25) is 0 Å². The summed E-state index contributed by atoms with van der Waals surface area (Å²) < 4.78 is 33.3. The Morgan fingerprint density at radius 3 is 2.44 bits per heavy atom. The van der Waals surface area contributed by atoms with Gasteiger partial charge in [-0.05, 0) is 48.2 Å². The minimum atomic E-state index is -3.56. The van der Waals surface area contributed by atoms with E-state index in [0.29, 0.717) is 23.8 Å². The Morgan fingerprint density at radius 1 is 1.16 bits per heavy atom. The smallest absolute Gasteiger partial charge is 0.331 e. The number of aromatic nitrogens is 2. The second kappa shape index (κ2) is 9.67. The Kier molecular flexibility index (Phi) is 7.16. The second-order valence-corrected chi connectivity index (χ2v) is 10.1. The van der Waals surface area contributed by atoms with Gasteiger partial charge in [-0.25, -0.2) is 22.5 Å². The molecule has 0 aliphatic rings. The second-order valence-electron chi connectivity index (χ2n) is 7.97. The van der Waals surface area contributed by atoms with Crippen molar-refractivity contribution in [2.45, 2.75) is 44.7 Å². The summed E-state index contributed by atoms with van der Waals surface area (Å²) in [6, 6.07) is 12.9. The van der Waals surface area contributed by atoms with E-state index < -0.39 is 16.0 Å². The van der Waals surface area contributed by atoms with E-state index in [1.807, 2.05) is 35.8 Å². The van der Waals surface area contributed by atoms with Gasteiger partial charge in [-0.15, -0.1) is 0 Å². The van der Waals surface area contributed by atoms with E-state index in [0.717, 1.165) is 15.4 Å². The van der Waals surface area contributed by atoms with Crippen molar-refractivity contribution in [2.24, 2.45) is 0 Å². The van der Waals surface area contributed by atoms with Crippen molar-refractivity contribution in [3.05, 3.63) is 65.5 Å². The highest BCUT2D eigenvalue weighted by Gasteiger charge is 2.19. The molecule has 0 amide bonds. The zero-order valence-corrected chi connectivity index (χ0v) is 19.9. The highest BCUT2D eigenvalue weighted by atomic mass is 32.2. The van der Waals surface area contributed by atoms with E-state index in [-0.39, 0.29) is 11.5 Å². The molecule has 2 aromatic carbocycles. The van der Waals surface area contributed by atoms with Gasteiger partial charge in [0.05, 0.1) is 15.9 Å². The molecular weight excluding hydrogens is 426 g/mol. The van der Waals surface area contributed by atoms with E-state index in [2.05, 4.69) is 18.8 Å². The van der Waals surface area contributed by atoms with Crippen molar-refractivity contribution in [1.82, 2.24) is 13.9 Å². The van der Waals surface area contributed by atoms with E-state index in [4.69, 9.17) is 4.74 Å². The molecule has 0 bridgehead atoms. The van der Waals surface area contributed by atoms with Gasteiger partial charge in [0, 0.05) is 26.7 Å². The first-order chi connectivity index (χ1) is 15.1. The summed E-state index contributed by atoms with van der Waals surface area (Å²) in [5, 5.41) is 0. The topological polar surface area (TPSA) is 81.5 Å². The number of aryl methyl sites for hydroxylation is 1. The maximum Gasteiger partial charge on any atom is 0.331 e. The largest absolute Gasteiger partial charge is 0.454 e. The Morgan fingerprint density at radius 2 is 1.84 bits per heavy atom. The quantitative estimate of drug-likeness (QED) is 0.376. The molecule has 32 heavy (non-hydrogen) atoms. The molecule has 0 radical (unpaired) electrons.